The summed E-state index contributed by atoms with van der Waals surface area (Å²) in [6.45, 7) is 0. The summed E-state index contributed by atoms with van der Waals surface area (Å²) in [5.41, 5.74) is 4.26. The average molecular weight is 449 g/mol. The molecule has 0 unspecified atom stereocenters. The number of para-hydroxylation sites is 1. The summed E-state index contributed by atoms with van der Waals surface area (Å²) in [5.74, 6) is 0.466. The van der Waals surface area contributed by atoms with Crippen LogP contribution in [-0.2, 0) is 0 Å². The molecule has 0 amide bonds. The first kappa shape index (κ1) is 20.9. The maximum atomic E-state index is 13.3. The molecule has 0 fully saturated rings. The van der Waals surface area contributed by atoms with E-state index < -0.39 is 0 Å². The number of benzene rings is 4. The molecule has 4 aromatic carbocycles. The first-order valence-corrected chi connectivity index (χ1v) is 11.6. The third-order valence-electron chi connectivity index (χ3n) is 5.42. The number of hydrogen-bond acceptors (Lipinski definition) is 4. The van der Waals surface area contributed by atoms with Crippen LogP contribution in [-0.4, -0.2) is 16.5 Å². The summed E-state index contributed by atoms with van der Waals surface area (Å²) in [5, 5.41) is 14.5. The van der Waals surface area contributed by atoms with Crippen molar-refractivity contribution in [2.75, 3.05) is 5.75 Å². The molecule has 5 rings (SSSR count). The van der Waals surface area contributed by atoms with Gasteiger partial charge in [-0.15, -0.1) is 0 Å². The fourth-order valence-corrected chi connectivity index (χ4v) is 4.69. The molecule has 5 heteroatoms. The third kappa shape index (κ3) is 4.36. The van der Waals surface area contributed by atoms with Gasteiger partial charge in [-0.3, -0.25) is 4.79 Å². The van der Waals surface area contributed by atoms with Gasteiger partial charge in [0.15, 0.2) is 16.3 Å². The van der Waals surface area contributed by atoms with E-state index in [1.165, 1.54) is 11.8 Å². The highest BCUT2D eigenvalue weighted by Gasteiger charge is 2.21. The molecular weight excluding hydrogens is 428 g/mol. The maximum Gasteiger partial charge on any atom is 0.334 e. The predicted molar refractivity (Wildman–Crippen MR) is 133 cm³/mol. The number of hydrogen-bond donors (Lipinski definition) is 0. The van der Waals surface area contributed by atoms with Crippen LogP contribution in [0.15, 0.2) is 114 Å². The van der Waals surface area contributed by atoms with Crippen molar-refractivity contribution >= 4 is 28.4 Å². The lowest BCUT2D eigenvalue weighted by atomic mass is 10.0. The van der Waals surface area contributed by atoms with E-state index in [0.717, 1.165) is 32.3 Å². The molecule has 0 radical (unpaired) electrons. The second kappa shape index (κ2) is 9.27. The van der Waals surface area contributed by atoms with Crippen LogP contribution in [0.25, 0.3) is 33.4 Å². The molecule has 0 atom stereocenters. The highest BCUT2D eigenvalue weighted by molar-refractivity contribution is 8.00. The van der Waals surface area contributed by atoms with Crippen LogP contribution in [0, 0.1) is 5.21 Å². The molecule has 4 nitrogen and oxygen atoms in total. The lowest BCUT2D eigenvalue weighted by molar-refractivity contribution is -0.634. The Balaban J connectivity index is 1.42. The second-order valence-electron chi connectivity index (χ2n) is 7.57. The zero-order valence-corrected chi connectivity index (χ0v) is 18.5. The van der Waals surface area contributed by atoms with Crippen molar-refractivity contribution in [2.24, 2.45) is 0 Å². The Bertz CT molecular complexity index is 1420. The Hall–Kier alpha value is -3.96. The molecule has 0 aliphatic carbocycles. The second-order valence-corrected chi connectivity index (χ2v) is 8.54. The lowest BCUT2D eigenvalue weighted by Gasteiger charge is -2.13. The number of ketones is 1. The summed E-state index contributed by atoms with van der Waals surface area (Å²) in [4.78, 5) is 17.5. The summed E-state index contributed by atoms with van der Waals surface area (Å²) < 4.78 is 0.841. The number of nitrogens with zero attached hydrogens (tertiary/aromatic N) is 2. The normalized spacial score (nSPS) is 10.9. The van der Waals surface area contributed by atoms with Crippen LogP contribution in [0.1, 0.15) is 10.4 Å². The fourth-order valence-electron chi connectivity index (χ4n) is 3.72. The molecule has 0 saturated heterocycles. The standard InChI is InChI=1S/C28H20N2O2S/c31-26(22-17-15-21(16-18-22)20-9-3-1-4-10-20)19-33-28-24-13-7-8-14-25(24)29-27(30(28)32)23-11-5-2-6-12-23/h1-18H,19H2. The third-order valence-corrected chi connectivity index (χ3v) is 6.49. The molecule has 1 heterocycles. The smallest absolute Gasteiger partial charge is 0.334 e. The van der Waals surface area contributed by atoms with Crippen molar-refractivity contribution in [3.8, 4) is 22.5 Å². The van der Waals surface area contributed by atoms with Gasteiger partial charge in [-0.2, -0.15) is 0 Å². The van der Waals surface area contributed by atoms with E-state index in [2.05, 4.69) is 4.98 Å². The minimum Gasteiger partial charge on any atom is -0.710 e. The number of carbonyl (C=O) groups excluding carboxylic acids is 1. The van der Waals surface area contributed by atoms with Crippen molar-refractivity contribution in [1.82, 2.24) is 4.98 Å². The predicted octanol–water partition coefficient (Wildman–Crippen LogP) is 6.18. The van der Waals surface area contributed by atoms with Gasteiger partial charge in [-0.1, -0.05) is 96.7 Å². The number of thioether (sulfide) groups is 1. The molecular formula is C28H20N2O2S. The van der Waals surface area contributed by atoms with Crippen LogP contribution >= 0.6 is 11.8 Å². The monoisotopic (exact) mass is 448 g/mol. The minimum absolute atomic E-state index is 0.0261. The molecule has 1 aromatic heterocycles. The van der Waals surface area contributed by atoms with Gasteiger partial charge in [0.05, 0.1) is 16.7 Å². The number of aromatic nitrogens is 2. The Kier molecular flexibility index (Phi) is 5.87. The van der Waals surface area contributed by atoms with Crippen molar-refractivity contribution in [3.05, 3.63) is 120 Å². The summed E-state index contributed by atoms with van der Waals surface area (Å²) in [6.07, 6.45) is 0. The molecule has 160 valence electrons. The maximum absolute atomic E-state index is 13.3. The van der Waals surface area contributed by atoms with E-state index in [4.69, 9.17) is 0 Å². The molecule has 0 saturated carbocycles. The molecule has 33 heavy (non-hydrogen) atoms. The van der Waals surface area contributed by atoms with Crippen molar-refractivity contribution in [3.63, 3.8) is 0 Å². The van der Waals surface area contributed by atoms with E-state index in [1.54, 1.807) is 0 Å². The first-order valence-electron chi connectivity index (χ1n) is 10.6. The largest absolute Gasteiger partial charge is 0.710 e. The molecule has 0 spiro atoms. The molecule has 0 aliphatic heterocycles. The average Bonchev–Trinajstić information content (AvgIpc) is 2.89. The van der Waals surface area contributed by atoms with Gasteiger partial charge in [0, 0.05) is 5.56 Å². The Morgan fingerprint density at radius 2 is 1.30 bits per heavy atom. The van der Waals surface area contributed by atoms with Crippen molar-refractivity contribution in [2.45, 2.75) is 5.03 Å². The van der Waals surface area contributed by atoms with E-state index in [9.17, 15) is 10.0 Å². The fraction of sp³-hybridized carbons (Fsp3) is 0.0357. The lowest BCUT2D eigenvalue weighted by Crippen LogP contribution is -2.34. The molecule has 0 aliphatic rings. The van der Waals surface area contributed by atoms with Crippen LogP contribution < -0.4 is 4.73 Å². The quantitative estimate of drug-likeness (QED) is 0.102. The van der Waals surface area contributed by atoms with E-state index >= 15 is 0 Å². The van der Waals surface area contributed by atoms with Crippen molar-refractivity contribution < 1.29 is 9.52 Å². The summed E-state index contributed by atoms with van der Waals surface area (Å²) in [6, 6.07) is 34.5. The SMILES string of the molecule is O=C(CSc1c2ccccc2nc(-c2ccccc2)[n+]1[O-])c1ccc(-c2ccccc2)cc1. The van der Waals surface area contributed by atoms with Gasteiger partial charge in [0.1, 0.15) is 0 Å². The van der Waals surface area contributed by atoms with Crippen LogP contribution in [0.5, 0.6) is 0 Å². The Morgan fingerprint density at radius 1 is 0.727 bits per heavy atom. The molecule has 5 aromatic rings. The van der Waals surface area contributed by atoms with Crippen LogP contribution in [0.4, 0.5) is 0 Å². The highest BCUT2D eigenvalue weighted by atomic mass is 32.2. The van der Waals surface area contributed by atoms with Gasteiger partial charge in [0.25, 0.3) is 0 Å². The highest BCUT2D eigenvalue weighted by Crippen LogP contribution is 2.28. The Morgan fingerprint density at radius 3 is 2.00 bits per heavy atom. The zero-order chi connectivity index (χ0) is 22.6. The number of rotatable bonds is 6. The van der Waals surface area contributed by atoms with Crippen LogP contribution in [0.3, 0.4) is 0 Å². The first-order chi connectivity index (χ1) is 16.2. The number of Topliss-reactive ketones (excluding diaryl/α,β-unsaturated/α-hetero) is 1. The summed E-state index contributed by atoms with van der Waals surface area (Å²) >= 11 is 1.25. The van der Waals surface area contributed by atoms with Crippen molar-refractivity contribution in [1.29, 1.82) is 0 Å². The van der Waals surface area contributed by atoms with E-state index in [-0.39, 0.29) is 11.5 Å². The topological polar surface area (TPSA) is 56.9 Å². The molecule has 0 bridgehead atoms. The van der Waals surface area contributed by atoms with Gasteiger partial charge in [0.2, 0.25) is 0 Å². The molecule has 0 N–H and O–H groups in total. The Labute approximate surface area is 196 Å². The zero-order valence-electron chi connectivity index (χ0n) is 17.7. The summed E-state index contributed by atoms with van der Waals surface area (Å²) in [7, 11) is 0. The number of fused-ring (bicyclic) bond motifs is 1. The van der Waals surface area contributed by atoms with Gasteiger partial charge in [-0.25, -0.2) is 4.73 Å². The van der Waals surface area contributed by atoms with E-state index in [0.29, 0.717) is 16.4 Å². The van der Waals surface area contributed by atoms with Gasteiger partial charge in [-0.05, 0) is 40.4 Å². The van der Waals surface area contributed by atoms with Gasteiger partial charge < -0.3 is 5.21 Å². The van der Waals surface area contributed by atoms with Gasteiger partial charge >= 0.3 is 5.82 Å². The number of carbonyl (C=O) groups is 1. The van der Waals surface area contributed by atoms with Crippen LogP contribution in [0.2, 0.25) is 0 Å². The minimum atomic E-state index is -0.0261. The van der Waals surface area contributed by atoms with E-state index in [1.807, 2.05) is 109 Å².